The van der Waals surface area contributed by atoms with Crippen LogP contribution in [0.4, 0.5) is 0 Å². The van der Waals surface area contributed by atoms with Crippen LogP contribution in [-0.4, -0.2) is 56.4 Å². The molecule has 7 heteroatoms. The van der Waals surface area contributed by atoms with Gasteiger partial charge in [-0.25, -0.2) is 0 Å². The molecule has 1 heterocycles. The molecule has 0 saturated carbocycles. The van der Waals surface area contributed by atoms with Gasteiger partial charge in [0, 0.05) is 43.8 Å². The van der Waals surface area contributed by atoms with E-state index in [2.05, 4.69) is 50.3 Å². The molecule has 1 aliphatic rings. The normalized spacial score (nSPS) is 16.7. The summed E-state index contributed by atoms with van der Waals surface area (Å²) in [6.07, 6.45) is 4.68. The van der Waals surface area contributed by atoms with E-state index < -0.39 is 0 Å². The molecule has 152 valence electrons. The second kappa shape index (κ2) is 14.1. The first kappa shape index (κ1) is 24.1. The van der Waals surface area contributed by atoms with Crippen molar-refractivity contribution in [2.24, 2.45) is 10.9 Å². The number of rotatable bonds is 9. The molecule has 1 N–H and O–H groups in total. The Morgan fingerprint density at radius 3 is 2.78 bits per heavy atom. The Hall–Kier alpha value is -0.960. The van der Waals surface area contributed by atoms with Crippen LogP contribution in [-0.2, 0) is 9.53 Å². The number of carbonyl (C=O) groups is 1. The quantitative estimate of drug-likeness (QED) is 0.137. The summed E-state index contributed by atoms with van der Waals surface area (Å²) in [5, 5.41) is 3.46. The molecule has 0 aliphatic carbocycles. The predicted molar refractivity (Wildman–Crippen MR) is 124 cm³/mol. The second-order valence-electron chi connectivity index (χ2n) is 6.59. The zero-order valence-corrected chi connectivity index (χ0v) is 19.5. The molecule has 2 rings (SSSR count). The molecule has 0 radical (unpaired) electrons. The monoisotopic (exact) mass is 505 g/mol. The first-order chi connectivity index (χ1) is 12.7. The van der Waals surface area contributed by atoms with Gasteiger partial charge in [0.25, 0.3) is 0 Å². The highest BCUT2D eigenvalue weighted by molar-refractivity contribution is 14.0. The number of nitrogens with zero attached hydrogens (tertiary/aromatic N) is 2. The lowest BCUT2D eigenvalue weighted by Crippen LogP contribution is -2.40. The highest BCUT2D eigenvalue weighted by atomic mass is 127. The average Bonchev–Trinajstić information content (AvgIpc) is 3.15. The van der Waals surface area contributed by atoms with Crippen molar-refractivity contribution in [3.63, 3.8) is 0 Å². The lowest BCUT2D eigenvalue weighted by molar-refractivity contribution is -0.140. The molecule has 1 fully saturated rings. The minimum Gasteiger partial charge on any atom is -0.469 e. The third-order valence-corrected chi connectivity index (χ3v) is 5.84. The summed E-state index contributed by atoms with van der Waals surface area (Å²) in [5.41, 5.74) is 0. The van der Waals surface area contributed by atoms with Gasteiger partial charge in [-0.15, -0.1) is 35.7 Å². The third kappa shape index (κ3) is 9.19. The predicted octanol–water partition coefficient (Wildman–Crippen LogP) is 4.03. The van der Waals surface area contributed by atoms with E-state index in [1.807, 2.05) is 18.8 Å². The van der Waals surface area contributed by atoms with Gasteiger partial charge < -0.3 is 15.0 Å². The Kier molecular flexibility index (Phi) is 12.6. The fraction of sp³-hybridized carbons (Fsp3) is 0.600. The summed E-state index contributed by atoms with van der Waals surface area (Å²) >= 11 is 1.95. The molecule has 0 amide bonds. The van der Waals surface area contributed by atoms with Crippen LogP contribution in [0, 0.1) is 5.92 Å². The molecule has 1 aliphatic heterocycles. The number of benzene rings is 1. The van der Waals surface area contributed by atoms with Crippen LogP contribution in [0.1, 0.15) is 32.1 Å². The van der Waals surface area contributed by atoms with Crippen LogP contribution >= 0.6 is 35.7 Å². The third-order valence-electron chi connectivity index (χ3n) is 4.59. The van der Waals surface area contributed by atoms with Crippen LogP contribution in [0.5, 0.6) is 0 Å². The number of carbonyl (C=O) groups excluding carboxylic acids is 1. The van der Waals surface area contributed by atoms with Crippen molar-refractivity contribution in [2.75, 3.05) is 39.5 Å². The maximum absolute atomic E-state index is 11.1. The van der Waals surface area contributed by atoms with E-state index in [0.29, 0.717) is 12.3 Å². The Bertz CT molecular complexity index is 572. The topological polar surface area (TPSA) is 53.9 Å². The highest BCUT2D eigenvalue weighted by Gasteiger charge is 2.24. The van der Waals surface area contributed by atoms with E-state index in [-0.39, 0.29) is 29.9 Å². The molecule has 5 nitrogen and oxygen atoms in total. The van der Waals surface area contributed by atoms with Crippen molar-refractivity contribution in [1.82, 2.24) is 10.2 Å². The van der Waals surface area contributed by atoms with Crippen LogP contribution in [0.3, 0.4) is 0 Å². The van der Waals surface area contributed by atoms with Crippen LogP contribution < -0.4 is 5.32 Å². The van der Waals surface area contributed by atoms with Crippen LogP contribution in [0.2, 0.25) is 0 Å². The molecule has 27 heavy (non-hydrogen) atoms. The van der Waals surface area contributed by atoms with Gasteiger partial charge in [-0.1, -0.05) is 24.6 Å². The van der Waals surface area contributed by atoms with Crippen LogP contribution in [0.15, 0.2) is 40.2 Å². The van der Waals surface area contributed by atoms with E-state index in [4.69, 9.17) is 0 Å². The highest BCUT2D eigenvalue weighted by Crippen LogP contribution is 2.25. The number of esters is 1. The Morgan fingerprint density at radius 1 is 1.30 bits per heavy atom. The molecule has 1 unspecified atom stereocenters. The fourth-order valence-corrected chi connectivity index (χ4v) is 4.15. The summed E-state index contributed by atoms with van der Waals surface area (Å²) in [6, 6.07) is 10.6. The summed E-state index contributed by atoms with van der Waals surface area (Å²) in [6.45, 7) is 3.04. The number of aliphatic imine (C=N–C) groups is 1. The maximum Gasteiger partial charge on any atom is 0.305 e. The van der Waals surface area contributed by atoms with Crippen LogP contribution in [0.25, 0.3) is 0 Å². The van der Waals surface area contributed by atoms with Crippen molar-refractivity contribution < 1.29 is 9.53 Å². The van der Waals surface area contributed by atoms with Gasteiger partial charge in [-0.3, -0.25) is 9.79 Å². The van der Waals surface area contributed by atoms with E-state index in [1.165, 1.54) is 18.4 Å². The summed E-state index contributed by atoms with van der Waals surface area (Å²) < 4.78 is 4.66. The lowest BCUT2D eigenvalue weighted by Gasteiger charge is -2.21. The molecule has 0 bridgehead atoms. The first-order valence-corrected chi connectivity index (χ1v) is 10.4. The number of methoxy groups -OCH3 is 1. The minimum atomic E-state index is -0.120. The fourth-order valence-electron chi connectivity index (χ4n) is 3.10. The molecule has 1 aromatic carbocycles. The van der Waals surface area contributed by atoms with Crippen molar-refractivity contribution in [3.8, 4) is 0 Å². The molecule has 0 aromatic heterocycles. The SMILES string of the molecule is CN=C(NCCCCCC(=O)OC)N1CCC(CSc2ccccc2)C1.I. The van der Waals surface area contributed by atoms with E-state index in [9.17, 15) is 4.79 Å². The molecule has 0 spiro atoms. The number of likely N-dealkylation sites (tertiary alicyclic amines) is 1. The number of hydrogen-bond acceptors (Lipinski definition) is 4. The van der Waals surface area contributed by atoms with Gasteiger partial charge in [0.1, 0.15) is 0 Å². The number of halogens is 1. The Balaban J connectivity index is 0.00000364. The zero-order valence-electron chi connectivity index (χ0n) is 16.4. The van der Waals surface area contributed by atoms with E-state index in [1.54, 1.807) is 0 Å². The lowest BCUT2D eigenvalue weighted by atomic mass is 10.2. The van der Waals surface area contributed by atoms with Gasteiger partial charge in [0.15, 0.2) is 5.96 Å². The maximum atomic E-state index is 11.1. The number of guanidine groups is 1. The van der Waals surface area contributed by atoms with Gasteiger partial charge >= 0.3 is 5.97 Å². The largest absolute Gasteiger partial charge is 0.469 e. The van der Waals surface area contributed by atoms with Crippen molar-refractivity contribution >= 4 is 47.7 Å². The van der Waals surface area contributed by atoms with E-state index >= 15 is 0 Å². The number of unbranched alkanes of at least 4 members (excludes halogenated alkanes) is 2. The summed E-state index contributed by atoms with van der Waals surface area (Å²) in [4.78, 5) is 19.2. The molecule has 1 saturated heterocycles. The summed E-state index contributed by atoms with van der Waals surface area (Å²) in [7, 11) is 3.29. The standard InChI is InChI=1S/C20H31N3O2S.HI/c1-21-20(22-13-8-4-7-11-19(24)25-2)23-14-12-17(15-23)16-26-18-9-5-3-6-10-18;/h3,5-6,9-10,17H,4,7-8,11-16H2,1-2H3,(H,21,22);1H. The van der Waals surface area contributed by atoms with Crippen molar-refractivity contribution in [3.05, 3.63) is 30.3 Å². The summed E-state index contributed by atoms with van der Waals surface area (Å²) in [5.74, 6) is 2.75. The van der Waals surface area contributed by atoms with E-state index in [0.717, 1.165) is 50.6 Å². The number of hydrogen-bond donors (Lipinski definition) is 1. The Labute approximate surface area is 184 Å². The number of thioether (sulfide) groups is 1. The molecule has 1 atom stereocenters. The molecule has 1 aromatic rings. The molecular formula is C20H32IN3O2S. The van der Waals surface area contributed by atoms with Gasteiger partial charge in [0.05, 0.1) is 7.11 Å². The number of ether oxygens (including phenoxy) is 1. The zero-order chi connectivity index (χ0) is 18.6. The van der Waals surface area contributed by atoms with Gasteiger partial charge in [-0.2, -0.15) is 0 Å². The average molecular weight is 505 g/mol. The minimum absolute atomic E-state index is 0. The molecular weight excluding hydrogens is 473 g/mol. The van der Waals surface area contributed by atoms with Crippen molar-refractivity contribution in [1.29, 1.82) is 0 Å². The second-order valence-corrected chi connectivity index (χ2v) is 7.68. The smallest absolute Gasteiger partial charge is 0.305 e. The first-order valence-electron chi connectivity index (χ1n) is 9.43. The van der Waals surface area contributed by atoms with Gasteiger partial charge in [0.2, 0.25) is 0 Å². The van der Waals surface area contributed by atoms with Gasteiger partial charge in [-0.05, 0) is 37.3 Å². The Morgan fingerprint density at radius 2 is 2.07 bits per heavy atom. The van der Waals surface area contributed by atoms with Crippen molar-refractivity contribution in [2.45, 2.75) is 37.0 Å². The number of nitrogens with one attached hydrogen (secondary N) is 1.